The Kier molecular flexibility index (Phi) is 5.83. The first kappa shape index (κ1) is 22.2. The van der Waals surface area contributed by atoms with Gasteiger partial charge in [0.25, 0.3) is 11.1 Å². The fourth-order valence-electron chi connectivity index (χ4n) is 4.49. The smallest absolute Gasteiger partial charge is 0.294 e. The summed E-state index contributed by atoms with van der Waals surface area (Å²) in [5.41, 5.74) is 5.09. The molecule has 7 nitrogen and oxygen atoms in total. The number of thioether (sulfide) groups is 1. The summed E-state index contributed by atoms with van der Waals surface area (Å²) in [5.74, 6) is 0.147. The number of rotatable bonds is 4. The predicted molar refractivity (Wildman–Crippen MR) is 131 cm³/mol. The highest BCUT2D eigenvalue weighted by Gasteiger charge is 2.37. The lowest BCUT2D eigenvalue weighted by Crippen LogP contribution is -2.44. The zero-order chi connectivity index (χ0) is 23.8. The molecule has 3 amide bonds. The molecular weight excluding hydrogens is 448 g/mol. The Labute approximate surface area is 202 Å². The average molecular weight is 473 g/mol. The largest absolute Gasteiger partial charge is 0.336 e. The number of pyridine rings is 1. The summed E-state index contributed by atoms with van der Waals surface area (Å²) >= 11 is 0.876. The van der Waals surface area contributed by atoms with Crippen molar-refractivity contribution < 1.29 is 14.4 Å². The highest BCUT2D eigenvalue weighted by Crippen LogP contribution is 2.34. The zero-order valence-electron chi connectivity index (χ0n) is 19.0. The summed E-state index contributed by atoms with van der Waals surface area (Å²) in [4.78, 5) is 46.1. The van der Waals surface area contributed by atoms with Gasteiger partial charge in [-0.05, 0) is 73.0 Å². The minimum Gasteiger partial charge on any atom is -0.336 e. The van der Waals surface area contributed by atoms with Crippen molar-refractivity contribution in [1.29, 1.82) is 0 Å². The Morgan fingerprint density at radius 3 is 2.62 bits per heavy atom. The number of amides is 3. The van der Waals surface area contributed by atoms with Crippen LogP contribution in [-0.4, -0.2) is 49.5 Å². The molecule has 1 saturated heterocycles. The number of aryl methyl sites for hydroxylation is 1. The second-order valence-electron chi connectivity index (χ2n) is 8.45. The first-order chi connectivity index (χ1) is 16.4. The molecule has 5 rings (SSSR count). The van der Waals surface area contributed by atoms with Crippen molar-refractivity contribution in [2.75, 3.05) is 13.1 Å². The molecule has 1 aromatic carbocycles. The van der Waals surface area contributed by atoms with E-state index >= 15 is 0 Å². The summed E-state index contributed by atoms with van der Waals surface area (Å²) in [7, 11) is 0. The standard InChI is InChI=1S/C26H24N4O3S/c1-17-13-21(18(2)30(17)23-9-5-6-11-27-23)14-22-25(32)29(26(33)34-22)16-24(31)28-12-10-19-7-3-4-8-20(19)15-28/h3-9,11,13-14H,10,12,15-16H2,1-2H3. The molecule has 0 bridgehead atoms. The van der Waals surface area contributed by atoms with Crippen LogP contribution < -0.4 is 0 Å². The summed E-state index contributed by atoms with van der Waals surface area (Å²) in [5, 5.41) is -0.416. The third-order valence-electron chi connectivity index (χ3n) is 6.29. The Morgan fingerprint density at radius 1 is 1.09 bits per heavy atom. The van der Waals surface area contributed by atoms with Gasteiger partial charge in [-0.25, -0.2) is 4.98 Å². The molecule has 0 spiro atoms. The van der Waals surface area contributed by atoms with Gasteiger partial charge >= 0.3 is 0 Å². The molecule has 4 heterocycles. The van der Waals surface area contributed by atoms with Gasteiger partial charge in [-0.2, -0.15) is 0 Å². The lowest BCUT2D eigenvalue weighted by Gasteiger charge is -2.29. The fraction of sp³-hybridized carbons (Fsp3) is 0.231. The summed E-state index contributed by atoms with van der Waals surface area (Å²) in [6, 6.07) is 15.7. The van der Waals surface area contributed by atoms with E-state index in [1.807, 2.05) is 60.9 Å². The number of carbonyl (C=O) groups excluding carboxylic acids is 3. The second-order valence-corrected chi connectivity index (χ2v) is 9.44. The topological polar surface area (TPSA) is 75.5 Å². The highest BCUT2D eigenvalue weighted by molar-refractivity contribution is 8.18. The number of carbonyl (C=O) groups is 3. The number of hydrogen-bond donors (Lipinski definition) is 0. The molecule has 3 aromatic rings. The van der Waals surface area contributed by atoms with Gasteiger partial charge in [-0.3, -0.25) is 19.3 Å². The summed E-state index contributed by atoms with van der Waals surface area (Å²) in [6.07, 6.45) is 4.24. The van der Waals surface area contributed by atoms with Gasteiger partial charge in [0.1, 0.15) is 12.4 Å². The van der Waals surface area contributed by atoms with Crippen LogP contribution in [0.3, 0.4) is 0 Å². The van der Waals surface area contributed by atoms with Crippen molar-refractivity contribution in [2.45, 2.75) is 26.8 Å². The summed E-state index contributed by atoms with van der Waals surface area (Å²) in [6.45, 7) is 4.77. The Morgan fingerprint density at radius 2 is 1.85 bits per heavy atom. The van der Waals surface area contributed by atoms with Crippen molar-refractivity contribution in [3.63, 3.8) is 0 Å². The van der Waals surface area contributed by atoms with Crippen molar-refractivity contribution in [3.8, 4) is 5.82 Å². The van der Waals surface area contributed by atoms with Crippen LogP contribution in [0.25, 0.3) is 11.9 Å². The van der Waals surface area contributed by atoms with E-state index in [4.69, 9.17) is 0 Å². The molecule has 0 aliphatic carbocycles. The van der Waals surface area contributed by atoms with E-state index in [1.54, 1.807) is 17.2 Å². The molecular formula is C26H24N4O3S. The molecule has 0 atom stereocenters. The minimum atomic E-state index is -0.427. The lowest BCUT2D eigenvalue weighted by atomic mass is 10.00. The third-order valence-corrected chi connectivity index (χ3v) is 7.19. The van der Waals surface area contributed by atoms with Gasteiger partial charge in [0.2, 0.25) is 5.91 Å². The van der Waals surface area contributed by atoms with Crippen LogP contribution in [-0.2, 0) is 22.6 Å². The highest BCUT2D eigenvalue weighted by atomic mass is 32.2. The molecule has 2 aliphatic heterocycles. The van der Waals surface area contributed by atoms with Crippen molar-refractivity contribution in [2.24, 2.45) is 0 Å². The predicted octanol–water partition coefficient (Wildman–Crippen LogP) is 4.11. The van der Waals surface area contributed by atoms with Gasteiger partial charge in [-0.15, -0.1) is 0 Å². The molecule has 34 heavy (non-hydrogen) atoms. The van der Waals surface area contributed by atoms with Crippen molar-refractivity contribution in [3.05, 3.63) is 87.7 Å². The van der Waals surface area contributed by atoms with Crippen LogP contribution in [0.15, 0.2) is 59.6 Å². The van der Waals surface area contributed by atoms with Crippen LogP contribution in [0.1, 0.15) is 28.1 Å². The molecule has 0 unspecified atom stereocenters. The van der Waals surface area contributed by atoms with Crippen molar-refractivity contribution >= 4 is 34.9 Å². The number of imide groups is 1. The molecule has 2 aromatic heterocycles. The number of hydrogen-bond acceptors (Lipinski definition) is 5. The van der Waals surface area contributed by atoms with Gasteiger partial charge < -0.3 is 9.47 Å². The molecule has 0 saturated carbocycles. The van der Waals surface area contributed by atoms with Gasteiger partial charge in [0, 0.05) is 30.7 Å². The maximum atomic E-state index is 13.0. The molecule has 1 fully saturated rings. The number of fused-ring (bicyclic) bond motifs is 1. The quantitative estimate of drug-likeness (QED) is 0.534. The molecule has 0 N–H and O–H groups in total. The number of aromatic nitrogens is 2. The van der Waals surface area contributed by atoms with Crippen LogP contribution in [0, 0.1) is 13.8 Å². The Hall–Kier alpha value is -3.65. The van der Waals surface area contributed by atoms with E-state index < -0.39 is 11.1 Å². The molecule has 2 aliphatic rings. The minimum absolute atomic E-state index is 0.216. The van der Waals surface area contributed by atoms with Gasteiger partial charge in [0.15, 0.2) is 0 Å². The summed E-state index contributed by atoms with van der Waals surface area (Å²) < 4.78 is 2.01. The van der Waals surface area contributed by atoms with Crippen molar-refractivity contribution in [1.82, 2.24) is 19.4 Å². The van der Waals surface area contributed by atoms with E-state index in [1.165, 1.54) is 5.56 Å². The zero-order valence-corrected chi connectivity index (χ0v) is 19.8. The van der Waals surface area contributed by atoms with E-state index in [9.17, 15) is 14.4 Å². The third kappa shape index (κ3) is 4.05. The van der Waals surface area contributed by atoms with E-state index in [0.29, 0.717) is 18.0 Å². The van der Waals surface area contributed by atoms with Gasteiger partial charge in [-0.1, -0.05) is 30.3 Å². The van der Waals surface area contributed by atoms with E-state index in [-0.39, 0.29) is 12.5 Å². The maximum Gasteiger partial charge on any atom is 0.294 e. The molecule has 0 radical (unpaired) electrons. The monoisotopic (exact) mass is 472 g/mol. The van der Waals surface area contributed by atoms with Gasteiger partial charge in [0.05, 0.1) is 4.91 Å². The number of benzene rings is 1. The lowest BCUT2D eigenvalue weighted by molar-refractivity contribution is -0.136. The molecule has 172 valence electrons. The van der Waals surface area contributed by atoms with Crippen LogP contribution in [0.4, 0.5) is 4.79 Å². The van der Waals surface area contributed by atoms with E-state index in [2.05, 4.69) is 11.1 Å². The second kappa shape index (κ2) is 8.95. The maximum absolute atomic E-state index is 13.0. The molecule has 8 heteroatoms. The SMILES string of the molecule is Cc1cc(C=C2SC(=O)N(CC(=O)N3CCc4ccccc4C3)C2=O)c(C)n1-c1ccccn1. The van der Waals surface area contributed by atoms with Crippen LogP contribution in [0.2, 0.25) is 0 Å². The Bertz CT molecular complexity index is 1330. The van der Waals surface area contributed by atoms with Crippen LogP contribution >= 0.6 is 11.8 Å². The van der Waals surface area contributed by atoms with Crippen LogP contribution in [0.5, 0.6) is 0 Å². The number of nitrogens with zero attached hydrogens (tertiary/aromatic N) is 4. The van der Waals surface area contributed by atoms with E-state index in [0.717, 1.165) is 51.4 Å². The first-order valence-electron chi connectivity index (χ1n) is 11.1. The average Bonchev–Trinajstić information content (AvgIpc) is 3.28. The Balaban J connectivity index is 1.33. The fourth-order valence-corrected chi connectivity index (χ4v) is 5.32. The first-order valence-corrected chi connectivity index (χ1v) is 11.9. The normalized spacial score (nSPS) is 16.9.